The maximum Gasteiger partial charge on any atom is 0.286 e. The highest BCUT2D eigenvalue weighted by atomic mass is 127. The predicted molar refractivity (Wildman–Crippen MR) is 128 cm³/mol. The Bertz CT molecular complexity index is 647. The van der Waals surface area contributed by atoms with Gasteiger partial charge < -0.3 is 5.32 Å². The van der Waals surface area contributed by atoms with Crippen molar-refractivity contribution in [2.75, 3.05) is 10.6 Å². The Morgan fingerprint density at radius 1 is 0.926 bits per heavy atom. The van der Waals surface area contributed by atoms with Crippen molar-refractivity contribution in [1.29, 1.82) is 0 Å². The van der Waals surface area contributed by atoms with E-state index in [0.717, 1.165) is 32.7 Å². The molecule has 1 aromatic heterocycles. The fourth-order valence-electron chi connectivity index (χ4n) is 5.63. The molecule has 1 aromatic rings. The van der Waals surface area contributed by atoms with E-state index < -0.39 is 0 Å². The number of hydrogen-bond acceptors (Lipinski definition) is 5. The van der Waals surface area contributed by atoms with Crippen molar-refractivity contribution in [3.8, 4) is 0 Å². The molecule has 3 fully saturated rings. The van der Waals surface area contributed by atoms with Gasteiger partial charge in [-0.15, -0.1) is 10.2 Å². The minimum absolute atomic E-state index is 0.125. The first kappa shape index (κ1) is 20.6. The molecule has 3 aliphatic carbocycles. The van der Waals surface area contributed by atoms with Crippen LogP contribution in [0.5, 0.6) is 0 Å². The normalized spacial score (nSPS) is 36.7. The fraction of sp³-hybridized carbons (Fsp3) is 0.842. The Morgan fingerprint density at radius 2 is 1.67 bits per heavy atom. The number of carbonyl (C=O) groups excluding carboxylic acids is 1. The number of amides is 1. The van der Waals surface area contributed by atoms with Crippen molar-refractivity contribution in [1.82, 2.24) is 10.2 Å². The smallest absolute Gasteiger partial charge is 0.286 e. The zero-order valence-electron chi connectivity index (χ0n) is 15.5. The lowest BCUT2D eigenvalue weighted by molar-refractivity contribution is -0.0204. The molecular formula is C19H28I2N4OS. The molecule has 0 saturated heterocycles. The van der Waals surface area contributed by atoms with Gasteiger partial charge in [0.15, 0.2) is 0 Å². The highest BCUT2D eigenvalue weighted by Crippen LogP contribution is 2.54. The largest absolute Gasteiger partial charge is 0.357 e. The van der Waals surface area contributed by atoms with E-state index in [1.807, 2.05) is 0 Å². The van der Waals surface area contributed by atoms with Crippen molar-refractivity contribution in [3.05, 3.63) is 0 Å². The summed E-state index contributed by atoms with van der Waals surface area (Å²) in [6, 6.07) is 0.514. The summed E-state index contributed by atoms with van der Waals surface area (Å²) in [6.45, 7) is 0. The van der Waals surface area contributed by atoms with Gasteiger partial charge in [0.1, 0.15) is 0 Å². The second kappa shape index (κ2) is 9.40. The lowest BCUT2D eigenvalue weighted by atomic mass is 9.53. The molecule has 150 valence electrons. The van der Waals surface area contributed by atoms with Gasteiger partial charge in [-0.05, 0) is 62.2 Å². The SMILES string of the molecule is O=C(I)Nc1nnc(NC2CCC3C(C4CCCC(I)CCC4)C[C@@H]3C2)s1. The van der Waals surface area contributed by atoms with Gasteiger partial charge in [-0.1, -0.05) is 59.6 Å². The molecule has 27 heavy (non-hydrogen) atoms. The highest BCUT2D eigenvalue weighted by molar-refractivity contribution is 14.1. The van der Waals surface area contributed by atoms with Crippen LogP contribution < -0.4 is 10.6 Å². The summed E-state index contributed by atoms with van der Waals surface area (Å²) in [4.78, 5) is 11.1. The van der Waals surface area contributed by atoms with Gasteiger partial charge in [0.05, 0.1) is 0 Å². The molecule has 5 nitrogen and oxygen atoms in total. The van der Waals surface area contributed by atoms with Crippen LogP contribution in [0.1, 0.15) is 64.2 Å². The van der Waals surface area contributed by atoms with Crippen molar-refractivity contribution in [2.24, 2.45) is 23.7 Å². The minimum Gasteiger partial charge on any atom is -0.357 e. The molecular weight excluding hydrogens is 586 g/mol. The van der Waals surface area contributed by atoms with Crippen LogP contribution in [0, 0.1) is 23.7 Å². The molecule has 1 amide bonds. The number of anilines is 2. The van der Waals surface area contributed by atoms with Crippen LogP contribution in [0.15, 0.2) is 0 Å². The Labute approximate surface area is 192 Å². The van der Waals surface area contributed by atoms with Gasteiger partial charge >= 0.3 is 0 Å². The van der Waals surface area contributed by atoms with E-state index in [0.29, 0.717) is 11.2 Å². The van der Waals surface area contributed by atoms with Gasteiger partial charge in [-0.2, -0.15) is 0 Å². The van der Waals surface area contributed by atoms with E-state index in [1.165, 1.54) is 75.5 Å². The maximum absolute atomic E-state index is 11.1. The number of fused-ring (bicyclic) bond motifs is 1. The third kappa shape index (κ3) is 5.26. The second-order valence-electron chi connectivity index (χ2n) is 8.51. The predicted octanol–water partition coefficient (Wildman–Crippen LogP) is 6.50. The summed E-state index contributed by atoms with van der Waals surface area (Å²) in [7, 11) is 0. The molecule has 0 bridgehead atoms. The van der Waals surface area contributed by atoms with Crippen LogP contribution in [-0.4, -0.2) is 24.1 Å². The number of nitrogens with zero attached hydrogens (tertiary/aromatic N) is 2. The van der Waals surface area contributed by atoms with E-state index in [4.69, 9.17) is 0 Å². The molecule has 3 unspecified atom stereocenters. The van der Waals surface area contributed by atoms with Crippen molar-refractivity contribution >= 4 is 70.7 Å². The number of alkyl halides is 1. The van der Waals surface area contributed by atoms with E-state index in [9.17, 15) is 4.79 Å². The van der Waals surface area contributed by atoms with Crippen molar-refractivity contribution in [3.63, 3.8) is 0 Å². The Balaban J connectivity index is 1.25. The first-order valence-corrected chi connectivity index (χ1v) is 13.4. The molecule has 4 atom stereocenters. The molecule has 0 radical (unpaired) electrons. The molecule has 8 heteroatoms. The van der Waals surface area contributed by atoms with E-state index >= 15 is 0 Å². The van der Waals surface area contributed by atoms with Gasteiger partial charge in [0.2, 0.25) is 10.3 Å². The average Bonchev–Trinajstić information content (AvgIpc) is 3.00. The van der Waals surface area contributed by atoms with Crippen LogP contribution in [-0.2, 0) is 0 Å². The molecule has 4 rings (SSSR count). The third-order valence-corrected chi connectivity index (χ3v) is 9.20. The molecule has 0 aliphatic heterocycles. The fourth-order valence-corrected chi connectivity index (χ4v) is 7.67. The summed E-state index contributed by atoms with van der Waals surface area (Å²) in [6.07, 6.45) is 14.1. The summed E-state index contributed by atoms with van der Waals surface area (Å²) in [5.41, 5.74) is 0. The van der Waals surface area contributed by atoms with Gasteiger partial charge in [-0.3, -0.25) is 10.1 Å². The summed E-state index contributed by atoms with van der Waals surface area (Å²) in [5.74, 6) is 3.90. The Morgan fingerprint density at radius 3 is 2.37 bits per heavy atom. The number of rotatable bonds is 4. The number of nitrogens with one attached hydrogen (secondary N) is 2. The van der Waals surface area contributed by atoms with Crippen LogP contribution in [0.3, 0.4) is 0 Å². The van der Waals surface area contributed by atoms with Gasteiger partial charge in [-0.25, -0.2) is 0 Å². The van der Waals surface area contributed by atoms with Crippen molar-refractivity contribution in [2.45, 2.75) is 74.2 Å². The van der Waals surface area contributed by atoms with Crippen LogP contribution in [0.25, 0.3) is 0 Å². The zero-order valence-corrected chi connectivity index (χ0v) is 20.6. The van der Waals surface area contributed by atoms with Crippen LogP contribution in [0.2, 0.25) is 0 Å². The standard InChI is InChI=1S/C19H28I2N4OS/c20-13-5-1-3-11(4-2-6-13)16-10-12-9-14(7-8-15(12)16)22-18-24-25-19(27-18)23-17(21)26/h11-16H,1-10H2,(H,22,24)(H,23,25,26)/t11?,12-,13?,14?,15?,16?/m0/s1. The number of hydrogen-bond donors (Lipinski definition) is 2. The zero-order chi connectivity index (χ0) is 18.8. The van der Waals surface area contributed by atoms with E-state index in [-0.39, 0.29) is 3.91 Å². The molecule has 0 spiro atoms. The lowest BCUT2D eigenvalue weighted by Crippen LogP contribution is -2.47. The molecule has 1 heterocycles. The summed E-state index contributed by atoms with van der Waals surface area (Å²) < 4.78 is 0.796. The first-order chi connectivity index (χ1) is 13.1. The minimum atomic E-state index is -0.125. The van der Waals surface area contributed by atoms with E-state index in [1.54, 1.807) is 22.6 Å². The highest BCUT2D eigenvalue weighted by Gasteiger charge is 2.47. The Hall–Kier alpha value is 0.290. The average molecular weight is 614 g/mol. The van der Waals surface area contributed by atoms with Crippen LogP contribution >= 0.6 is 56.5 Å². The number of carbonyl (C=O) groups is 1. The Kier molecular flexibility index (Phi) is 7.16. The molecule has 2 N–H and O–H groups in total. The van der Waals surface area contributed by atoms with Crippen molar-refractivity contribution < 1.29 is 4.79 Å². The van der Waals surface area contributed by atoms with Gasteiger partial charge in [0.25, 0.3) is 3.91 Å². The summed E-state index contributed by atoms with van der Waals surface area (Å²) in [5, 5.41) is 15.9. The monoisotopic (exact) mass is 614 g/mol. The molecule has 0 aromatic carbocycles. The molecule has 3 aliphatic rings. The number of halogens is 2. The quantitative estimate of drug-likeness (QED) is 0.176. The topological polar surface area (TPSA) is 66.9 Å². The lowest BCUT2D eigenvalue weighted by Gasteiger charge is -2.53. The van der Waals surface area contributed by atoms with E-state index in [2.05, 4.69) is 43.4 Å². The number of aromatic nitrogens is 2. The summed E-state index contributed by atoms with van der Waals surface area (Å²) >= 11 is 5.81. The molecule has 3 saturated carbocycles. The second-order valence-corrected chi connectivity index (χ2v) is 12.2. The van der Waals surface area contributed by atoms with Crippen LogP contribution in [0.4, 0.5) is 15.1 Å². The maximum atomic E-state index is 11.1. The third-order valence-electron chi connectivity index (χ3n) is 6.91. The van der Waals surface area contributed by atoms with Gasteiger partial charge in [0, 0.05) is 32.6 Å². The first-order valence-electron chi connectivity index (χ1n) is 10.3.